The Kier molecular flexibility index (Phi) is 36.3. The lowest BCUT2D eigenvalue weighted by atomic mass is 9.99. The smallest absolute Gasteiger partial charge is 0.394 e. The first-order valence-electron chi connectivity index (χ1n) is 24.6. The molecule has 0 saturated carbocycles. The molecule has 0 aromatic rings. The van der Waals surface area contributed by atoms with Crippen LogP contribution in [0.3, 0.4) is 0 Å². The number of nitrogens with one attached hydrogen (secondary N) is 1. The van der Waals surface area contributed by atoms with E-state index in [1.165, 1.54) is 135 Å². The number of hydrogen-bond donors (Lipinski definition) is 6. The van der Waals surface area contributed by atoms with Crippen LogP contribution in [-0.4, -0.2) is 95.4 Å². The highest BCUT2D eigenvalue weighted by Crippen LogP contribution is 2.26. The first-order chi connectivity index (χ1) is 29.0. The first kappa shape index (κ1) is 56.9. The standard InChI is InChI=1S/C47H91NO11S/c1-3-5-7-9-11-13-15-16-17-18-19-20-21-22-23-24-25-26-27-28-30-32-34-36-41(50)40(48-43(51)37-35-33-31-29-14-12-10-8-6-4-2)39-57-47-45(53)46(59-60(54,55)56)44(52)42(38-49)58-47/h10,12,40-42,44-47,49-50,52-53H,3-9,11,13-39H2,1-2H3,(H,48,51)(H,54,55,56)/b12-10-. The first-order valence-corrected chi connectivity index (χ1v) is 25.9. The summed E-state index contributed by atoms with van der Waals surface area (Å²) in [4.78, 5) is 13.0. The molecule has 0 aromatic carbocycles. The fourth-order valence-electron chi connectivity index (χ4n) is 7.97. The maximum Gasteiger partial charge on any atom is 0.397 e. The Hall–Kier alpha value is -1.16. The molecule has 7 atom stereocenters. The summed E-state index contributed by atoms with van der Waals surface area (Å²) in [6, 6.07) is -0.860. The van der Waals surface area contributed by atoms with Gasteiger partial charge in [0.15, 0.2) is 6.29 Å². The molecule has 60 heavy (non-hydrogen) atoms. The van der Waals surface area contributed by atoms with Crippen LogP contribution >= 0.6 is 0 Å². The predicted octanol–water partition coefficient (Wildman–Crippen LogP) is 9.94. The molecule has 1 fully saturated rings. The lowest BCUT2D eigenvalue weighted by Gasteiger charge is -2.41. The fourth-order valence-corrected chi connectivity index (χ4v) is 8.48. The summed E-state index contributed by atoms with van der Waals surface area (Å²) in [6.07, 6.45) is 33.8. The van der Waals surface area contributed by atoms with Crippen molar-refractivity contribution in [2.75, 3.05) is 13.2 Å². The summed E-state index contributed by atoms with van der Waals surface area (Å²) in [7, 11) is -5.07. The van der Waals surface area contributed by atoms with Gasteiger partial charge in [-0.25, -0.2) is 4.18 Å². The van der Waals surface area contributed by atoms with Crippen molar-refractivity contribution in [2.45, 2.75) is 269 Å². The number of ether oxygens (including phenoxy) is 2. The van der Waals surface area contributed by atoms with Gasteiger partial charge in [0.1, 0.15) is 24.4 Å². The molecule has 1 amide bonds. The van der Waals surface area contributed by atoms with Gasteiger partial charge < -0.3 is 35.2 Å². The van der Waals surface area contributed by atoms with Crippen LogP contribution in [0.4, 0.5) is 0 Å². The summed E-state index contributed by atoms with van der Waals surface area (Å²) in [5.41, 5.74) is 0. The van der Waals surface area contributed by atoms with Crippen molar-refractivity contribution in [3.8, 4) is 0 Å². The molecular weight excluding hydrogens is 787 g/mol. The largest absolute Gasteiger partial charge is 0.397 e. The van der Waals surface area contributed by atoms with Crippen molar-refractivity contribution in [3.63, 3.8) is 0 Å². The molecule has 0 spiro atoms. The quantitative estimate of drug-likeness (QED) is 0.0194. The maximum atomic E-state index is 13.0. The molecule has 0 radical (unpaired) electrons. The fraction of sp³-hybridized carbons (Fsp3) is 0.936. The minimum absolute atomic E-state index is 0.243. The number of allylic oxidation sites excluding steroid dienone is 2. The van der Waals surface area contributed by atoms with Crippen LogP contribution in [0.15, 0.2) is 12.2 Å². The molecule has 1 aliphatic heterocycles. The summed E-state index contributed by atoms with van der Waals surface area (Å²) in [6.45, 7) is 3.40. The topological polar surface area (TPSA) is 192 Å². The van der Waals surface area contributed by atoms with Gasteiger partial charge in [-0.2, -0.15) is 8.42 Å². The van der Waals surface area contributed by atoms with E-state index in [9.17, 15) is 38.2 Å². The van der Waals surface area contributed by atoms with Gasteiger partial charge in [-0.15, -0.1) is 0 Å². The van der Waals surface area contributed by atoms with Crippen LogP contribution in [0, 0.1) is 0 Å². The number of carbonyl (C=O) groups excluding carboxylic acids is 1. The Bertz CT molecular complexity index is 1130. The van der Waals surface area contributed by atoms with Crippen LogP contribution in [0.5, 0.6) is 0 Å². The molecule has 0 aromatic heterocycles. The summed E-state index contributed by atoms with van der Waals surface area (Å²) in [5.74, 6) is -0.243. The zero-order valence-electron chi connectivity index (χ0n) is 38.0. The highest BCUT2D eigenvalue weighted by molar-refractivity contribution is 7.80. The van der Waals surface area contributed by atoms with Crippen molar-refractivity contribution in [1.29, 1.82) is 0 Å². The Balaban J connectivity index is 2.37. The average Bonchev–Trinajstić information content (AvgIpc) is 3.22. The van der Waals surface area contributed by atoms with E-state index >= 15 is 0 Å². The monoisotopic (exact) mass is 878 g/mol. The molecule has 12 nitrogen and oxygen atoms in total. The molecule has 1 saturated heterocycles. The minimum Gasteiger partial charge on any atom is -0.394 e. The summed E-state index contributed by atoms with van der Waals surface area (Å²) >= 11 is 0. The normalized spacial score (nSPS) is 20.8. The van der Waals surface area contributed by atoms with Crippen molar-refractivity contribution in [1.82, 2.24) is 5.32 Å². The number of unbranched alkanes of at least 4 members (excludes halogenated alkanes) is 28. The van der Waals surface area contributed by atoms with Crippen LogP contribution in [0.2, 0.25) is 0 Å². The Labute approximate surface area is 366 Å². The molecule has 356 valence electrons. The molecule has 0 aliphatic carbocycles. The number of rotatable bonds is 42. The van der Waals surface area contributed by atoms with E-state index in [1.54, 1.807) is 0 Å². The van der Waals surface area contributed by atoms with E-state index < -0.39 is 59.9 Å². The number of carbonyl (C=O) groups is 1. The maximum absolute atomic E-state index is 13.0. The van der Waals surface area contributed by atoms with Crippen molar-refractivity contribution in [3.05, 3.63) is 12.2 Å². The van der Waals surface area contributed by atoms with Crippen LogP contribution in [-0.2, 0) is 28.9 Å². The van der Waals surface area contributed by atoms with Crippen molar-refractivity contribution < 1.29 is 51.8 Å². The Morgan fingerprint density at radius 3 is 1.55 bits per heavy atom. The average molecular weight is 878 g/mol. The minimum atomic E-state index is -5.07. The van der Waals surface area contributed by atoms with Gasteiger partial charge in [-0.3, -0.25) is 9.35 Å². The number of aliphatic hydroxyl groups excluding tert-OH is 4. The third-order valence-corrected chi connectivity index (χ3v) is 12.3. The van der Waals surface area contributed by atoms with E-state index in [1.807, 2.05) is 0 Å². The zero-order chi connectivity index (χ0) is 44.1. The second-order valence-corrected chi connectivity index (χ2v) is 18.5. The van der Waals surface area contributed by atoms with Crippen LogP contribution < -0.4 is 5.32 Å². The second-order valence-electron chi connectivity index (χ2n) is 17.4. The lowest BCUT2D eigenvalue weighted by Crippen LogP contribution is -2.61. The Morgan fingerprint density at radius 1 is 0.650 bits per heavy atom. The third-order valence-electron chi connectivity index (χ3n) is 11.8. The highest BCUT2D eigenvalue weighted by atomic mass is 32.3. The second kappa shape index (κ2) is 38.3. The number of aliphatic hydroxyl groups is 4. The zero-order valence-corrected chi connectivity index (χ0v) is 38.9. The molecule has 0 bridgehead atoms. The van der Waals surface area contributed by atoms with Crippen molar-refractivity contribution in [2.24, 2.45) is 0 Å². The molecular formula is C47H91NO11S. The van der Waals surface area contributed by atoms with E-state index in [2.05, 4.69) is 35.5 Å². The molecule has 13 heteroatoms. The number of amides is 1. The van der Waals surface area contributed by atoms with Gasteiger partial charge in [0.25, 0.3) is 0 Å². The molecule has 6 N–H and O–H groups in total. The number of hydrogen-bond acceptors (Lipinski definition) is 10. The van der Waals surface area contributed by atoms with Gasteiger partial charge in [0.05, 0.1) is 25.4 Å². The predicted molar refractivity (Wildman–Crippen MR) is 241 cm³/mol. The van der Waals surface area contributed by atoms with Gasteiger partial charge in [-0.05, 0) is 32.1 Å². The van der Waals surface area contributed by atoms with E-state index in [4.69, 9.17) is 9.47 Å². The summed E-state index contributed by atoms with van der Waals surface area (Å²) in [5, 5.41) is 44.8. The highest BCUT2D eigenvalue weighted by Gasteiger charge is 2.48. The SMILES string of the molecule is CCCC/C=C\CCCCCCC(=O)NC(COC1OC(CO)C(O)C(OS(=O)(=O)O)C1O)C(O)CCCCCCCCCCCCCCCCCCCCCCCCC. The molecule has 7 unspecified atom stereocenters. The van der Waals surface area contributed by atoms with E-state index in [-0.39, 0.29) is 18.9 Å². The Morgan fingerprint density at radius 2 is 1.08 bits per heavy atom. The molecule has 1 aliphatic rings. The third kappa shape index (κ3) is 30.8. The lowest BCUT2D eigenvalue weighted by molar-refractivity contribution is -0.298. The van der Waals surface area contributed by atoms with Gasteiger partial charge in [-0.1, -0.05) is 199 Å². The van der Waals surface area contributed by atoms with E-state index in [0.29, 0.717) is 12.8 Å². The van der Waals surface area contributed by atoms with Crippen molar-refractivity contribution >= 4 is 16.3 Å². The molecule has 1 heterocycles. The van der Waals surface area contributed by atoms with Gasteiger partial charge in [0, 0.05) is 6.42 Å². The molecule has 1 rings (SSSR count). The summed E-state index contributed by atoms with van der Waals surface area (Å²) < 4.78 is 47.6. The van der Waals surface area contributed by atoms with Crippen LogP contribution in [0.1, 0.15) is 226 Å². The van der Waals surface area contributed by atoms with E-state index in [0.717, 1.165) is 57.8 Å². The van der Waals surface area contributed by atoms with Crippen LogP contribution in [0.25, 0.3) is 0 Å². The van der Waals surface area contributed by atoms with Gasteiger partial charge in [0.2, 0.25) is 5.91 Å². The van der Waals surface area contributed by atoms with Gasteiger partial charge >= 0.3 is 10.4 Å².